The Bertz CT molecular complexity index is 501. The van der Waals surface area contributed by atoms with E-state index in [1.807, 2.05) is 12.1 Å². The summed E-state index contributed by atoms with van der Waals surface area (Å²) in [6.45, 7) is 9.15. The molecular weight excluding hydrogens is 306 g/mol. The molecule has 121 valence electrons. The predicted molar refractivity (Wildman–Crippen MR) is 84.4 cm³/mol. The second-order valence-electron chi connectivity index (χ2n) is 5.19. The summed E-state index contributed by atoms with van der Waals surface area (Å²) >= 11 is 5.81. The van der Waals surface area contributed by atoms with Crippen molar-refractivity contribution in [2.24, 2.45) is 5.92 Å². The van der Waals surface area contributed by atoms with Crippen LogP contribution in [0.15, 0.2) is 24.3 Å². The van der Waals surface area contributed by atoms with Gasteiger partial charge in [-0.3, -0.25) is 4.79 Å². The molecule has 5 nitrogen and oxygen atoms in total. The standard InChI is InChI=1S/C16H21ClNO4/c1-10(2)15(19)21-12(4)22-16(20)18-9-11(3)13-5-7-14(17)8-6-13/h5-8,10-12H,3,9H2,1-2,4H3,(H,18,20)/t11-,12?/m1/s1. The van der Waals surface area contributed by atoms with Gasteiger partial charge in [-0.05, 0) is 24.6 Å². The van der Waals surface area contributed by atoms with Crippen LogP contribution in [-0.2, 0) is 14.3 Å². The zero-order valence-corrected chi connectivity index (χ0v) is 13.7. The number of alkyl carbamates (subject to hydrolysis) is 1. The lowest BCUT2D eigenvalue weighted by Crippen LogP contribution is -2.33. The molecular formula is C16H21ClNO4. The molecule has 2 atom stereocenters. The van der Waals surface area contributed by atoms with Crippen LogP contribution >= 0.6 is 11.6 Å². The summed E-state index contributed by atoms with van der Waals surface area (Å²) in [5.41, 5.74) is 0.948. The summed E-state index contributed by atoms with van der Waals surface area (Å²) in [5, 5.41) is 3.22. The molecule has 22 heavy (non-hydrogen) atoms. The third-order valence-corrected chi connectivity index (χ3v) is 3.11. The first-order chi connectivity index (χ1) is 10.3. The number of halogens is 1. The number of hydrogen-bond donors (Lipinski definition) is 1. The normalized spacial score (nSPS) is 13.4. The van der Waals surface area contributed by atoms with E-state index in [1.165, 1.54) is 6.92 Å². The molecule has 0 saturated carbocycles. The molecule has 1 amide bonds. The van der Waals surface area contributed by atoms with Gasteiger partial charge in [-0.15, -0.1) is 0 Å². The fourth-order valence-electron chi connectivity index (χ4n) is 1.58. The second kappa shape index (κ2) is 8.63. The Kier molecular flexibility index (Phi) is 7.18. The van der Waals surface area contributed by atoms with Crippen molar-refractivity contribution >= 4 is 23.7 Å². The molecule has 1 rings (SSSR count). The molecule has 0 aliphatic heterocycles. The van der Waals surface area contributed by atoms with Crippen LogP contribution in [0.2, 0.25) is 5.02 Å². The molecule has 1 aromatic rings. The number of rotatable bonds is 6. The second-order valence-corrected chi connectivity index (χ2v) is 5.63. The molecule has 1 aromatic carbocycles. The monoisotopic (exact) mass is 326 g/mol. The van der Waals surface area contributed by atoms with Gasteiger partial charge in [0.25, 0.3) is 0 Å². The van der Waals surface area contributed by atoms with Gasteiger partial charge in [0.15, 0.2) is 0 Å². The summed E-state index contributed by atoms with van der Waals surface area (Å²) in [4.78, 5) is 23.0. The van der Waals surface area contributed by atoms with Crippen molar-refractivity contribution in [1.82, 2.24) is 5.32 Å². The lowest BCUT2D eigenvalue weighted by Gasteiger charge is -2.17. The molecule has 0 fully saturated rings. The first-order valence-corrected chi connectivity index (χ1v) is 7.41. The van der Waals surface area contributed by atoms with Crippen LogP contribution in [0, 0.1) is 12.8 Å². The molecule has 1 N–H and O–H groups in total. The largest absolute Gasteiger partial charge is 0.425 e. The van der Waals surface area contributed by atoms with E-state index < -0.39 is 18.4 Å². The van der Waals surface area contributed by atoms with Gasteiger partial charge in [-0.25, -0.2) is 4.79 Å². The van der Waals surface area contributed by atoms with Crippen LogP contribution < -0.4 is 5.32 Å². The fourth-order valence-corrected chi connectivity index (χ4v) is 1.70. The highest BCUT2D eigenvalue weighted by atomic mass is 35.5. The lowest BCUT2D eigenvalue weighted by atomic mass is 10.0. The van der Waals surface area contributed by atoms with Gasteiger partial charge < -0.3 is 14.8 Å². The molecule has 0 aliphatic carbocycles. The quantitative estimate of drug-likeness (QED) is 0.641. The highest BCUT2D eigenvalue weighted by Gasteiger charge is 2.17. The molecule has 0 heterocycles. The summed E-state index contributed by atoms with van der Waals surface area (Å²) in [5.74, 6) is -0.835. The number of benzene rings is 1. The lowest BCUT2D eigenvalue weighted by molar-refractivity contribution is -0.168. The molecule has 0 aromatic heterocycles. The minimum absolute atomic E-state index is 0.140. The van der Waals surface area contributed by atoms with E-state index >= 15 is 0 Å². The maximum atomic E-state index is 11.6. The highest BCUT2D eigenvalue weighted by Crippen LogP contribution is 2.17. The molecule has 0 spiro atoms. The average molecular weight is 327 g/mol. The number of nitrogens with one attached hydrogen (secondary N) is 1. The molecule has 6 heteroatoms. The van der Waals surface area contributed by atoms with Gasteiger partial charge >= 0.3 is 12.1 Å². The van der Waals surface area contributed by atoms with E-state index in [9.17, 15) is 9.59 Å². The Balaban J connectivity index is 2.36. The molecule has 1 unspecified atom stereocenters. The Morgan fingerprint density at radius 3 is 2.32 bits per heavy atom. The number of ether oxygens (including phenoxy) is 2. The molecule has 1 radical (unpaired) electrons. The first kappa shape index (κ1) is 18.3. The predicted octanol–water partition coefficient (Wildman–Crippen LogP) is 3.53. The zero-order chi connectivity index (χ0) is 16.7. The van der Waals surface area contributed by atoms with Gasteiger partial charge in [-0.2, -0.15) is 0 Å². The highest BCUT2D eigenvalue weighted by molar-refractivity contribution is 6.30. The first-order valence-electron chi connectivity index (χ1n) is 7.03. The number of amides is 1. The molecule has 0 saturated heterocycles. The Hall–Kier alpha value is -1.75. The topological polar surface area (TPSA) is 64.6 Å². The van der Waals surface area contributed by atoms with Crippen LogP contribution in [0.1, 0.15) is 32.3 Å². The van der Waals surface area contributed by atoms with Crippen LogP contribution in [0.5, 0.6) is 0 Å². The number of hydrogen-bond acceptors (Lipinski definition) is 4. The minimum atomic E-state index is -0.936. The Morgan fingerprint density at radius 1 is 1.18 bits per heavy atom. The molecule has 0 bridgehead atoms. The van der Waals surface area contributed by atoms with Crippen molar-refractivity contribution in [3.63, 3.8) is 0 Å². The van der Waals surface area contributed by atoms with Gasteiger partial charge in [0.2, 0.25) is 6.29 Å². The summed E-state index contributed by atoms with van der Waals surface area (Å²) < 4.78 is 9.87. The van der Waals surface area contributed by atoms with Gasteiger partial charge in [0.05, 0.1) is 5.92 Å². The van der Waals surface area contributed by atoms with Crippen LogP contribution in [-0.4, -0.2) is 24.9 Å². The Labute approximate surface area is 135 Å². The van der Waals surface area contributed by atoms with Gasteiger partial charge in [-0.1, -0.05) is 37.6 Å². The third-order valence-electron chi connectivity index (χ3n) is 2.86. The fraction of sp³-hybridized carbons (Fsp3) is 0.438. The Morgan fingerprint density at radius 2 is 1.77 bits per heavy atom. The van der Waals surface area contributed by atoms with E-state index in [1.54, 1.807) is 26.0 Å². The summed E-state index contributed by atoms with van der Waals surface area (Å²) in [6, 6.07) is 7.22. The van der Waals surface area contributed by atoms with E-state index in [4.69, 9.17) is 21.1 Å². The van der Waals surface area contributed by atoms with E-state index in [2.05, 4.69) is 12.2 Å². The number of carbonyl (C=O) groups is 2. The van der Waals surface area contributed by atoms with Crippen molar-refractivity contribution in [3.05, 3.63) is 41.8 Å². The van der Waals surface area contributed by atoms with Crippen molar-refractivity contribution in [2.75, 3.05) is 6.54 Å². The molecule has 0 aliphatic rings. The van der Waals surface area contributed by atoms with Gasteiger partial charge in [0, 0.05) is 24.4 Å². The smallest absolute Gasteiger partial charge is 0.410 e. The van der Waals surface area contributed by atoms with Crippen LogP contribution in [0.4, 0.5) is 4.79 Å². The third kappa shape index (κ3) is 6.35. The summed E-state index contributed by atoms with van der Waals surface area (Å²) in [7, 11) is 0. The van der Waals surface area contributed by atoms with Crippen molar-refractivity contribution < 1.29 is 19.1 Å². The average Bonchev–Trinajstić information content (AvgIpc) is 2.45. The maximum Gasteiger partial charge on any atom is 0.410 e. The summed E-state index contributed by atoms with van der Waals surface area (Å²) in [6.07, 6.45) is -1.60. The van der Waals surface area contributed by atoms with E-state index in [-0.39, 0.29) is 11.8 Å². The number of carbonyl (C=O) groups excluding carboxylic acids is 2. The number of esters is 1. The van der Waals surface area contributed by atoms with Gasteiger partial charge in [0.1, 0.15) is 0 Å². The van der Waals surface area contributed by atoms with E-state index in [0.717, 1.165) is 5.56 Å². The van der Waals surface area contributed by atoms with Crippen LogP contribution in [0.3, 0.4) is 0 Å². The minimum Gasteiger partial charge on any atom is -0.425 e. The van der Waals surface area contributed by atoms with Crippen molar-refractivity contribution in [2.45, 2.75) is 33.0 Å². The van der Waals surface area contributed by atoms with E-state index in [0.29, 0.717) is 11.6 Å². The van der Waals surface area contributed by atoms with Crippen LogP contribution in [0.25, 0.3) is 0 Å². The van der Waals surface area contributed by atoms with Crippen molar-refractivity contribution in [3.8, 4) is 0 Å². The maximum absolute atomic E-state index is 11.6. The zero-order valence-electron chi connectivity index (χ0n) is 13.0. The SMILES string of the molecule is [CH2][C@H](CNC(=O)OC(C)OC(=O)C(C)C)c1ccc(Cl)cc1. The van der Waals surface area contributed by atoms with Crippen molar-refractivity contribution in [1.29, 1.82) is 0 Å².